The topological polar surface area (TPSA) is 123 Å². The predicted octanol–water partition coefficient (Wildman–Crippen LogP) is 8.22. The van der Waals surface area contributed by atoms with Crippen molar-refractivity contribution in [1.29, 1.82) is 0 Å². The molecule has 1 aliphatic rings. The van der Waals surface area contributed by atoms with Crippen molar-refractivity contribution in [1.82, 2.24) is 5.32 Å². The molecule has 0 saturated carbocycles. The van der Waals surface area contributed by atoms with Gasteiger partial charge in [-0.3, -0.25) is 14.4 Å². The molecule has 266 valence electrons. The van der Waals surface area contributed by atoms with Crippen LogP contribution in [0.25, 0.3) is 6.08 Å². The number of nitrogens with one attached hydrogen (secondary N) is 3. The van der Waals surface area contributed by atoms with E-state index in [1.54, 1.807) is 86.8 Å². The summed E-state index contributed by atoms with van der Waals surface area (Å²) in [6.45, 7) is 8.75. The molecule has 0 bridgehead atoms. The molecule has 0 spiro atoms. The molecule has 1 heterocycles. The number of thiophene rings is 1. The molecule has 3 N–H and O–H groups in total. The Bertz CT molecular complexity index is 1930. The minimum atomic E-state index is -0.524. The lowest BCUT2D eigenvalue weighted by Crippen LogP contribution is -2.30. The Morgan fingerprint density at radius 3 is 2.45 bits per heavy atom. The highest BCUT2D eigenvalue weighted by atomic mass is 32.2. The summed E-state index contributed by atoms with van der Waals surface area (Å²) in [5.41, 5.74) is 3.21. The number of thioether (sulfide) groups is 1. The molecular formula is C40H43N3O6S2. The molecule has 0 radical (unpaired) electrons. The van der Waals surface area contributed by atoms with Crippen LogP contribution in [0.4, 0.5) is 10.7 Å². The highest BCUT2D eigenvalue weighted by Crippen LogP contribution is 2.44. The molecule has 1 atom stereocenters. The number of benzene rings is 3. The Balaban J connectivity index is 1.28. The zero-order valence-electron chi connectivity index (χ0n) is 29.5. The maximum atomic E-state index is 13.6. The highest BCUT2D eigenvalue weighted by molar-refractivity contribution is 8.00. The van der Waals surface area contributed by atoms with E-state index in [9.17, 15) is 19.2 Å². The summed E-state index contributed by atoms with van der Waals surface area (Å²) in [7, 11) is 1.56. The van der Waals surface area contributed by atoms with E-state index in [0.29, 0.717) is 39.0 Å². The van der Waals surface area contributed by atoms with Crippen molar-refractivity contribution in [2.75, 3.05) is 30.1 Å². The van der Waals surface area contributed by atoms with Gasteiger partial charge >= 0.3 is 5.97 Å². The number of hydrogen-bond donors (Lipinski definition) is 3. The lowest BCUT2D eigenvalue weighted by atomic mass is 9.72. The molecule has 0 saturated heterocycles. The minimum Gasteiger partial charge on any atom is -0.497 e. The summed E-state index contributed by atoms with van der Waals surface area (Å²) < 4.78 is 10.7. The van der Waals surface area contributed by atoms with Gasteiger partial charge in [0.15, 0.2) is 0 Å². The third-order valence-corrected chi connectivity index (χ3v) is 10.8. The summed E-state index contributed by atoms with van der Waals surface area (Å²) in [6, 6.07) is 22.9. The molecule has 51 heavy (non-hydrogen) atoms. The van der Waals surface area contributed by atoms with Crippen molar-refractivity contribution >= 4 is 63.6 Å². The average Bonchev–Trinajstić information content (AvgIpc) is 3.48. The van der Waals surface area contributed by atoms with E-state index in [2.05, 4.69) is 36.7 Å². The van der Waals surface area contributed by atoms with Crippen LogP contribution in [0.15, 0.2) is 89.5 Å². The number of amides is 3. The predicted molar refractivity (Wildman–Crippen MR) is 205 cm³/mol. The van der Waals surface area contributed by atoms with Gasteiger partial charge in [-0.25, -0.2) is 4.79 Å². The fourth-order valence-electron chi connectivity index (χ4n) is 5.85. The van der Waals surface area contributed by atoms with E-state index in [1.165, 1.54) is 23.1 Å². The third-order valence-electron chi connectivity index (χ3n) is 8.62. The number of rotatable bonds is 12. The first-order chi connectivity index (χ1) is 24.4. The van der Waals surface area contributed by atoms with Gasteiger partial charge in [-0.1, -0.05) is 57.2 Å². The first-order valence-corrected chi connectivity index (χ1v) is 18.6. The second-order valence-electron chi connectivity index (χ2n) is 13.2. The first-order valence-electron chi connectivity index (χ1n) is 16.8. The number of methoxy groups -OCH3 is 1. The summed E-state index contributed by atoms with van der Waals surface area (Å²) in [5, 5.41) is 9.14. The lowest BCUT2D eigenvalue weighted by Gasteiger charge is -2.33. The van der Waals surface area contributed by atoms with E-state index in [4.69, 9.17) is 9.47 Å². The largest absolute Gasteiger partial charge is 0.497 e. The maximum Gasteiger partial charge on any atom is 0.341 e. The Kier molecular flexibility index (Phi) is 12.4. The first kappa shape index (κ1) is 37.4. The molecule has 3 aromatic carbocycles. The van der Waals surface area contributed by atoms with Crippen molar-refractivity contribution in [2.24, 2.45) is 11.3 Å². The molecule has 11 heteroatoms. The number of esters is 1. The molecule has 3 amide bonds. The molecule has 9 nitrogen and oxygen atoms in total. The standard InChI is InChI=1S/C40H43N3O6S2/c1-6-49-39(47)35-31-19-18-27(40(2,3)4)22-33(31)51-38(35)43-34(44)24-50-30-17-11-15-28(23-30)41-37(46)32(21-25-12-10-16-29(20-25)48-5)42-36(45)26-13-8-7-9-14-26/h7-17,20-21,23,27H,6,18-19,22,24H2,1-5H3,(H,41,46)(H,42,45)(H,43,44)/b32-21-. The van der Waals surface area contributed by atoms with Crippen LogP contribution in [0.1, 0.15) is 70.8 Å². The molecule has 1 unspecified atom stereocenters. The van der Waals surface area contributed by atoms with Gasteiger partial charge in [0, 0.05) is 21.0 Å². The van der Waals surface area contributed by atoms with Crippen LogP contribution in [0, 0.1) is 11.3 Å². The number of carbonyl (C=O) groups is 4. The number of anilines is 2. The smallest absolute Gasteiger partial charge is 0.341 e. The summed E-state index contributed by atoms with van der Waals surface area (Å²) in [6.07, 6.45) is 4.20. The molecule has 1 aromatic heterocycles. The SMILES string of the molecule is CCOC(=O)c1c(NC(=O)CSc2cccc(NC(=O)/C(=C/c3cccc(OC)c3)NC(=O)c3ccccc3)c2)sc2c1CCC(C(C)(C)C)C2. The monoisotopic (exact) mass is 725 g/mol. The van der Waals surface area contributed by atoms with Crippen LogP contribution in [0.3, 0.4) is 0 Å². The second-order valence-corrected chi connectivity index (χ2v) is 15.4. The summed E-state index contributed by atoms with van der Waals surface area (Å²) in [4.78, 5) is 54.8. The van der Waals surface area contributed by atoms with Crippen molar-refractivity contribution in [3.63, 3.8) is 0 Å². The van der Waals surface area contributed by atoms with Crippen molar-refractivity contribution in [2.45, 2.75) is 51.9 Å². The van der Waals surface area contributed by atoms with E-state index in [1.807, 2.05) is 12.1 Å². The van der Waals surface area contributed by atoms with Gasteiger partial charge in [0.2, 0.25) is 5.91 Å². The van der Waals surface area contributed by atoms with Crippen LogP contribution in [-0.2, 0) is 27.2 Å². The van der Waals surface area contributed by atoms with Crippen molar-refractivity contribution in [3.8, 4) is 5.75 Å². The zero-order chi connectivity index (χ0) is 36.5. The Morgan fingerprint density at radius 1 is 0.961 bits per heavy atom. The van der Waals surface area contributed by atoms with Crippen LogP contribution in [0.2, 0.25) is 0 Å². The molecule has 0 aliphatic heterocycles. The van der Waals surface area contributed by atoms with Crippen molar-refractivity contribution < 1.29 is 28.7 Å². The summed E-state index contributed by atoms with van der Waals surface area (Å²) in [5.74, 6) is -0.434. The quantitative estimate of drug-likeness (QED) is 0.0764. The van der Waals surface area contributed by atoms with Gasteiger partial charge in [0.1, 0.15) is 16.4 Å². The van der Waals surface area contributed by atoms with Crippen LogP contribution in [-0.4, -0.2) is 43.2 Å². The Labute approximate surface area is 307 Å². The second kappa shape index (κ2) is 16.9. The molecule has 4 aromatic rings. The fraction of sp³-hybridized carbons (Fsp3) is 0.300. The summed E-state index contributed by atoms with van der Waals surface area (Å²) >= 11 is 2.77. The number of ether oxygens (including phenoxy) is 2. The number of fused-ring (bicyclic) bond motifs is 1. The highest BCUT2D eigenvalue weighted by Gasteiger charge is 2.34. The van der Waals surface area contributed by atoms with Gasteiger partial charge in [0.05, 0.1) is 25.0 Å². The van der Waals surface area contributed by atoms with E-state index >= 15 is 0 Å². The van der Waals surface area contributed by atoms with Gasteiger partial charge in [0.25, 0.3) is 11.8 Å². The van der Waals surface area contributed by atoms with Gasteiger partial charge < -0.3 is 25.4 Å². The van der Waals surface area contributed by atoms with Gasteiger partial charge in [-0.05, 0) is 97.2 Å². The molecule has 1 aliphatic carbocycles. The van der Waals surface area contributed by atoms with Crippen LogP contribution >= 0.6 is 23.1 Å². The average molecular weight is 726 g/mol. The lowest BCUT2D eigenvalue weighted by molar-refractivity contribution is -0.114. The van der Waals surface area contributed by atoms with Gasteiger partial charge in [-0.2, -0.15) is 0 Å². The normalized spacial score (nSPS) is 14.2. The molecule has 0 fully saturated rings. The van der Waals surface area contributed by atoms with E-state index in [0.717, 1.165) is 34.6 Å². The van der Waals surface area contributed by atoms with Gasteiger partial charge in [-0.15, -0.1) is 23.1 Å². The van der Waals surface area contributed by atoms with Crippen LogP contribution < -0.4 is 20.7 Å². The van der Waals surface area contributed by atoms with Crippen molar-refractivity contribution in [3.05, 3.63) is 112 Å². The van der Waals surface area contributed by atoms with Crippen LogP contribution in [0.5, 0.6) is 5.75 Å². The molecular weight excluding hydrogens is 683 g/mol. The Morgan fingerprint density at radius 2 is 1.73 bits per heavy atom. The zero-order valence-corrected chi connectivity index (χ0v) is 31.1. The van der Waals surface area contributed by atoms with E-state index < -0.39 is 17.8 Å². The fourth-order valence-corrected chi connectivity index (χ4v) is 7.93. The Hall–Kier alpha value is -4.87. The maximum absolute atomic E-state index is 13.6. The minimum absolute atomic E-state index is 0.0411. The number of hydrogen-bond acceptors (Lipinski definition) is 8. The number of carbonyl (C=O) groups excluding carboxylic acids is 4. The van der Waals surface area contributed by atoms with E-state index in [-0.39, 0.29) is 29.4 Å². The molecule has 5 rings (SSSR count). The third kappa shape index (κ3) is 9.89.